The van der Waals surface area contributed by atoms with E-state index in [0.29, 0.717) is 12.2 Å². The largest absolute Gasteiger partial charge is 0.425 e. The number of carbonyl (C=O) groups is 1. The molecule has 2 aliphatic rings. The van der Waals surface area contributed by atoms with Crippen molar-refractivity contribution in [2.45, 2.75) is 90.9 Å². The number of pyridine rings is 1. The Kier molecular flexibility index (Phi) is 7.72. The topological polar surface area (TPSA) is 39.2 Å². The molecular formula is C24H37NO2. The van der Waals surface area contributed by atoms with E-state index in [9.17, 15) is 4.79 Å². The molecule has 0 N–H and O–H groups in total. The maximum absolute atomic E-state index is 11.3. The van der Waals surface area contributed by atoms with Gasteiger partial charge in [0, 0.05) is 12.1 Å². The van der Waals surface area contributed by atoms with E-state index >= 15 is 0 Å². The predicted octanol–water partition coefficient (Wildman–Crippen LogP) is 6.35. The number of aromatic nitrogens is 1. The van der Waals surface area contributed by atoms with E-state index in [1.54, 1.807) is 13.1 Å². The van der Waals surface area contributed by atoms with Crippen molar-refractivity contribution in [2.24, 2.45) is 23.7 Å². The first-order chi connectivity index (χ1) is 13.2. The smallest absolute Gasteiger partial charge is 0.310 e. The third-order valence-corrected chi connectivity index (χ3v) is 7.15. The van der Waals surface area contributed by atoms with Gasteiger partial charge in [-0.2, -0.15) is 0 Å². The fourth-order valence-electron chi connectivity index (χ4n) is 5.19. The minimum absolute atomic E-state index is 0.204. The summed E-state index contributed by atoms with van der Waals surface area (Å²) in [6, 6.07) is 3.88. The molecule has 2 fully saturated rings. The Bertz CT molecular complexity index is 567. The third-order valence-electron chi connectivity index (χ3n) is 7.15. The normalized spacial score (nSPS) is 28.7. The van der Waals surface area contributed by atoms with Crippen LogP contribution in [0.1, 0.15) is 90.2 Å². The summed E-state index contributed by atoms with van der Waals surface area (Å²) in [5.41, 5.74) is 1.12. The lowest BCUT2D eigenvalue weighted by Crippen LogP contribution is -2.25. The van der Waals surface area contributed by atoms with Gasteiger partial charge in [0.05, 0.1) is 6.20 Å². The minimum Gasteiger partial charge on any atom is -0.425 e. The van der Waals surface area contributed by atoms with Gasteiger partial charge in [0.15, 0.2) is 0 Å². The zero-order chi connectivity index (χ0) is 19.1. The molecule has 3 rings (SSSR count). The molecule has 0 atom stereocenters. The lowest BCUT2D eigenvalue weighted by molar-refractivity contribution is -0.134. The molecule has 2 saturated carbocycles. The highest BCUT2D eigenvalue weighted by Gasteiger charge is 2.30. The monoisotopic (exact) mass is 371 g/mol. The van der Waals surface area contributed by atoms with Crippen molar-refractivity contribution in [3.8, 4) is 5.75 Å². The Morgan fingerprint density at radius 2 is 1.59 bits per heavy atom. The van der Waals surface area contributed by atoms with Crippen LogP contribution in [0.4, 0.5) is 0 Å². The van der Waals surface area contributed by atoms with Crippen LogP contribution in [-0.2, 0) is 11.2 Å². The summed E-state index contributed by atoms with van der Waals surface area (Å²) in [7, 11) is 0. The lowest BCUT2D eigenvalue weighted by atomic mass is 9.68. The van der Waals surface area contributed by atoms with Gasteiger partial charge < -0.3 is 4.74 Å². The molecule has 150 valence electrons. The third kappa shape index (κ3) is 6.05. The summed E-state index contributed by atoms with van der Waals surface area (Å²) in [5.74, 6) is 4.27. The van der Waals surface area contributed by atoms with Crippen molar-refractivity contribution in [3.63, 3.8) is 0 Å². The fraction of sp³-hybridized carbons (Fsp3) is 0.750. The second kappa shape index (κ2) is 10.2. The predicted molar refractivity (Wildman–Crippen MR) is 110 cm³/mol. The summed E-state index contributed by atoms with van der Waals surface area (Å²) >= 11 is 0. The fourth-order valence-corrected chi connectivity index (χ4v) is 5.19. The summed E-state index contributed by atoms with van der Waals surface area (Å²) in [4.78, 5) is 15.8. The molecule has 0 amide bonds. The van der Waals surface area contributed by atoms with E-state index in [2.05, 4.69) is 11.9 Å². The molecule has 0 spiro atoms. The van der Waals surface area contributed by atoms with Crippen LogP contribution in [0.15, 0.2) is 18.3 Å². The van der Waals surface area contributed by atoms with Crippen molar-refractivity contribution in [1.29, 1.82) is 0 Å². The van der Waals surface area contributed by atoms with Crippen molar-refractivity contribution >= 4 is 5.97 Å². The highest BCUT2D eigenvalue weighted by atomic mass is 16.5. The average molecular weight is 372 g/mol. The first-order valence-electron chi connectivity index (χ1n) is 11.3. The highest BCUT2D eigenvalue weighted by Crippen LogP contribution is 2.42. The number of rotatable bonds is 7. The summed E-state index contributed by atoms with van der Waals surface area (Å²) in [6.45, 7) is 4.16. The van der Waals surface area contributed by atoms with Gasteiger partial charge in [0.2, 0.25) is 0 Å². The second-order valence-corrected chi connectivity index (χ2v) is 8.82. The number of esters is 1. The first kappa shape index (κ1) is 20.4. The van der Waals surface area contributed by atoms with Crippen molar-refractivity contribution in [1.82, 2.24) is 4.98 Å². The Hall–Kier alpha value is -1.38. The number of nitrogens with zero attached hydrogens (tertiary/aromatic N) is 1. The SMILES string of the molecule is CCC(=O)Oc1ccc(CC[C@H]2CC[C@H]([C@H]3CC[C@H](CC)CC3)CC2)nc1. The van der Waals surface area contributed by atoms with Crippen LogP contribution in [0.3, 0.4) is 0 Å². The van der Waals surface area contributed by atoms with Gasteiger partial charge in [-0.25, -0.2) is 0 Å². The van der Waals surface area contributed by atoms with Crippen molar-refractivity contribution in [2.75, 3.05) is 0 Å². The molecule has 1 aromatic rings. The molecule has 1 heterocycles. The van der Waals surface area contributed by atoms with Crippen LogP contribution in [0.2, 0.25) is 0 Å². The van der Waals surface area contributed by atoms with Crippen LogP contribution in [-0.4, -0.2) is 11.0 Å². The van der Waals surface area contributed by atoms with Gasteiger partial charge in [-0.15, -0.1) is 0 Å². The Labute approximate surface area is 165 Å². The van der Waals surface area contributed by atoms with Gasteiger partial charge >= 0.3 is 5.97 Å². The van der Waals surface area contributed by atoms with Crippen molar-refractivity contribution in [3.05, 3.63) is 24.0 Å². The summed E-state index contributed by atoms with van der Waals surface area (Å²) < 4.78 is 5.19. The number of hydrogen-bond acceptors (Lipinski definition) is 3. The molecule has 0 aliphatic heterocycles. The minimum atomic E-state index is -0.204. The van der Waals surface area contributed by atoms with E-state index in [1.807, 2.05) is 12.1 Å². The van der Waals surface area contributed by atoms with Gasteiger partial charge in [-0.1, -0.05) is 46.0 Å². The number of ether oxygens (including phenoxy) is 1. The molecule has 0 radical (unpaired) electrons. The molecule has 3 heteroatoms. The molecular weight excluding hydrogens is 334 g/mol. The molecule has 27 heavy (non-hydrogen) atoms. The van der Waals surface area contributed by atoms with E-state index in [4.69, 9.17) is 4.74 Å². The standard InChI is InChI=1S/C24H37NO2/c1-3-18-5-10-20(11-6-18)21-12-7-19(8-13-21)9-14-22-15-16-23(17-25-22)27-24(26)4-2/h15-21H,3-14H2,1-2H3/t18-,19-,20-,21-. The maximum Gasteiger partial charge on any atom is 0.310 e. The molecule has 3 nitrogen and oxygen atoms in total. The van der Waals surface area contributed by atoms with E-state index < -0.39 is 0 Å². The number of carbonyl (C=O) groups excluding carboxylic acids is 1. The van der Waals surface area contributed by atoms with Crippen LogP contribution in [0.25, 0.3) is 0 Å². The van der Waals surface area contributed by atoms with E-state index in [1.165, 1.54) is 64.2 Å². The zero-order valence-electron chi connectivity index (χ0n) is 17.3. The summed E-state index contributed by atoms with van der Waals surface area (Å²) in [6.07, 6.45) is 17.4. The molecule has 0 saturated heterocycles. The molecule has 0 unspecified atom stereocenters. The Balaban J connectivity index is 1.36. The first-order valence-corrected chi connectivity index (χ1v) is 11.3. The van der Waals surface area contributed by atoms with Crippen LogP contribution in [0, 0.1) is 23.7 Å². The Morgan fingerprint density at radius 3 is 2.11 bits per heavy atom. The van der Waals surface area contributed by atoms with Gasteiger partial charge in [0.1, 0.15) is 5.75 Å². The van der Waals surface area contributed by atoms with Gasteiger partial charge in [-0.3, -0.25) is 9.78 Å². The lowest BCUT2D eigenvalue weighted by Gasteiger charge is -2.37. The Morgan fingerprint density at radius 1 is 0.963 bits per heavy atom. The molecule has 2 aliphatic carbocycles. The summed E-state index contributed by atoms with van der Waals surface area (Å²) in [5, 5.41) is 0. The van der Waals surface area contributed by atoms with Crippen LogP contribution in [0.5, 0.6) is 5.75 Å². The van der Waals surface area contributed by atoms with E-state index in [-0.39, 0.29) is 5.97 Å². The molecule has 0 aromatic carbocycles. The average Bonchev–Trinajstić information content (AvgIpc) is 2.73. The van der Waals surface area contributed by atoms with Gasteiger partial charge in [0.25, 0.3) is 0 Å². The van der Waals surface area contributed by atoms with Gasteiger partial charge in [-0.05, 0) is 74.3 Å². The quantitative estimate of drug-likeness (QED) is 0.524. The maximum atomic E-state index is 11.3. The molecule has 1 aromatic heterocycles. The zero-order valence-corrected chi connectivity index (χ0v) is 17.3. The molecule has 0 bridgehead atoms. The van der Waals surface area contributed by atoms with Crippen molar-refractivity contribution < 1.29 is 9.53 Å². The van der Waals surface area contributed by atoms with Crippen LogP contribution < -0.4 is 4.74 Å². The van der Waals surface area contributed by atoms with Crippen LogP contribution >= 0.6 is 0 Å². The number of aryl methyl sites for hydroxylation is 1. The second-order valence-electron chi connectivity index (χ2n) is 8.82. The highest BCUT2D eigenvalue weighted by molar-refractivity contribution is 5.71. The van der Waals surface area contributed by atoms with E-state index in [0.717, 1.165) is 35.8 Å². The number of hydrogen-bond donors (Lipinski definition) is 0.